The van der Waals surface area contributed by atoms with Crippen molar-refractivity contribution in [2.45, 2.75) is 16.7 Å². The van der Waals surface area contributed by atoms with Gasteiger partial charge in [-0.1, -0.05) is 11.8 Å². The SMILES string of the molecule is COc1nc(OC)nc(Oc2ccc(Sc3ccc(O)cc3)c(C)c2)n1. The molecule has 134 valence electrons. The van der Waals surface area contributed by atoms with Gasteiger partial charge in [-0.05, 0) is 55.0 Å². The number of ether oxygens (including phenoxy) is 3. The van der Waals surface area contributed by atoms with Gasteiger partial charge in [0.15, 0.2) is 0 Å². The van der Waals surface area contributed by atoms with Crippen molar-refractivity contribution in [2.24, 2.45) is 0 Å². The Labute approximate surface area is 155 Å². The molecule has 0 saturated carbocycles. The van der Waals surface area contributed by atoms with Crippen LogP contribution in [0.4, 0.5) is 0 Å². The number of aryl methyl sites for hydroxylation is 1. The quantitative estimate of drug-likeness (QED) is 0.699. The number of aromatic nitrogens is 3. The van der Waals surface area contributed by atoms with Crippen molar-refractivity contribution in [1.82, 2.24) is 15.0 Å². The highest BCUT2D eigenvalue weighted by Crippen LogP contribution is 2.33. The van der Waals surface area contributed by atoms with Crippen LogP contribution in [-0.4, -0.2) is 34.3 Å². The first-order valence-electron chi connectivity index (χ1n) is 7.67. The molecule has 0 unspecified atom stereocenters. The minimum atomic E-state index is 0.0898. The molecule has 0 amide bonds. The predicted octanol–water partition coefficient (Wildman–Crippen LogP) is 3.85. The second-order valence-corrected chi connectivity index (χ2v) is 6.33. The summed E-state index contributed by atoms with van der Waals surface area (Å²) in [6.45, 7) is 1.99. The van der Waals surface area contributed by atoms with E-state index >= 15 is 0 Å². The van der Waals surface area contributed by atoms with E-state index in [-0.39, 0.29) is 23.8 Å². The molecule has 7 nitrogen and oxygen atoms in total. The number of methoxy groups -OCH3 is 2. The largest absolute Gasteiger partial charge is 0.508 e. The molecule has 1 N–H and O–H groups in total. The molecular formula is C18H17N3O4S. The van der Waals surface area contributed by atoms with Crippen LogP contribution < -0.4 is 14.2 Å². The number of nitrogens with zero attached hydrogens (tertiary/aromatic N) is 3. The first-order valence-corrected chi connectivity index (χ1v) is 8.48. The second-order valence-electron chi connectivity index (χ2n) is 5.22. The van der Waals surface area contributed by atoms with Gasteiger partial charge in [-0.2, -0.15) is 0 Å². The Kier molecular flexibility index (Phi) is 5.43. The van der Waals surface area contributed by atoms with Crippen molar-refractivity contribution in [2.75, 3.05) is 14.2 Å². The van der Waals surface area contributed by atoms with E-state index in [2.05, 4.69) is 15.0 Å². The van der Waals surface area contributed by atoms with Gasteiger partial charge in [0, 0.05) is 9.79 Å². The molecule has 0 aliphatic heterocycles. The molecule has 0 bridgehead atoms. The van der Waals surface area contributed by atoms with Crippen LogP contribution in [0.2, 0.25) is 0 Å². The Balaban J connectivity index is 1.78. The average molecular weight is 371 g/mol. The van der Waals surface area contributed by atoms with Crippen LogP contribution in [0.3, 0.4) is 0 Å². The fourth-order valence-electron chi connectivity index (χ4n) is 2.10. The van der Waals surface area contributed by atoms with Gasteiger partial charge in [0.05, 0.1) is 14.2 Å². The fraction of sp³-hybridized carbons (Fsp3) is 0.167. The molecule has 26 heavy (non-hydrogen) atoms. The first-order chi connectivity index (χ1) is 12.6. The smallest absolute Gasteiger partial charge is 0.331 e. The van der Waals surface area contributed by atoms with E-state index in [9.17, 15) is 5.11 Å². The zero-order valence-electron chi connectivity index (χ0n) is 14.5. The topological polar surface area (TPSA) is 86.6 Å². The van der Waals surface area contributed by atoms with Gasteiger partial charge in [0.1, 0.15) is 11.5 Å². The Bertz CT molecular complexity index is 881. The highest BCUT2D eigenvalue weighted by Gasteiger charge is 2.10. The van der Waals surface area contributed by atoms with E-state index in [1.54, 1.807) is 23.9 Å². The number of hydrogen-bond acceptors (Lipinski definition) is 8. The van der Waals surface area contributed by atoms with E-state index < -0.39 is 0 Å². The second kappa shape index (κ2) is 7.92. The summed E-state index contributed by atoms with van der Waals surface area (Å²) in [7, 11) is 2.91. The predicted molar refractivity (Wildman–Crippen MR) is 96.4 cm³/mol. The molecular weight excluding hydrogens is 354 g/mol. The van der Waals surface area contributed by atoms with Crippen molar-refractivity contribution < 1.29 is 19.3 Å². The van der Waals surface area contributed by atoms with Crippen LogP contribution in [0.15, 0.2) is 52.3 Å². The maximum Gasteiger partial charge on any atom is 0.331 e. The summed E-state index contributed by atoms with van der Waals surface area (Å²) < 4.78 is 15.7. The molecule has 0 spiro atoms. The van der Waals surface area contributed by atoms with Gasteiger partial charge in [-0.25, -0.2) is 0 Å². The summed E-state index contributed by atoms with van der Waals surface area (Å²) in [5.41, 5.74) is 1.04. The highest BCUT2D eigenvalue weighted by atomic mass is 32.2. The highest BCUT2D eigenvalue weighted by molar-refractivity contribution is 7.99. The lowest BCUT2D eigenvalue weighted by atomic mass is 10.2. The van der Waals surface area contributed by atoms with Crippen LogP contribution in [0.25, 0.3) is 0 Å². The van der Waals surface area contributed by atoms with Crippen LogP contribution in [-0.2, 0) is 0 Å². The Morgan fingerprint density at radius 1 is 0.846 bits per heavy atom. The number of benzene rings is 2. The molecule has 0 fully saturated rings. The van der Waals surface area contributed by atoms with Crippen molar-refractivity contribution >= 4 is 11.8 Å². The van der Waals surface area contributed by atoms with E-state index in [4.69, 9.17) is 14.2 Å². The lowest BCUT2D eigenvalue weighted by Gasteiger charge is -2.10. The van der Waals surface area contributed by atoms with Crippen LogP contribution in [0, 0.1) is 6.92 Å². The molecule has 0 radical (unpaired) electrons. The first kappa shape index (κ1) is 17.8. The summed E-state index contributed by atoms with van der Waals surface area (Å²) in [5, 5.41) is 9.37. The third kappa shape index (κ3) is 4.34. The molecule has 0 saturated heterocycles. The van der Waals surface area contributed by atoms with Gasteiger partial charge >= 0.3 is 18.0 Å². The Morgan fingerprint density at radius 3 is 2.04 bits per heavy atom. The minimum absolute atomic E-state index is 0.0898. The lowest BCUT2D eigenvalue weighted by molar-refractivity contribution is 0.320. The van der Waals surface area contributed by atoms with Crippen molar-refractivity contribution in [3.8, 4) is 29.5 Å². The number of phenols is 1. The van der Waals surface area contributed by atoms with Gasteiger partial charge in [-0.3, -0.25) is 0 Å². The van der Waals surface area contributed by atoms with Crippen molar-refractivity contribution in [3.05, 3.63) is 48.0 Å². The van der Waals surface area contributed by atoms with Crippen LogP contribution >= 0.6 is 11.8 Å². The maximum absolute atomic E-state index is 9.37. The summed E-state index contributed by atoms with van der Waals surface area (Å²) in [5.74, 6) is 0.839. The van der Waals surface area contributed by atoms with Gasteiger partial charge in [0.2, 0.25) is 0 Å². The Hall–Kier alpha value is -3.00. The normalized spacial score (nSPS) is 10.4. The molecule has 1 aromatic heterocycles. The average Bonchev–Trinajstić information content (AvgIpc) is 2.65. The molecule has 1 heterocycles. The zero-order chi connectivity index (χ0) is 18.5. The summed E-state index contributed by atoms with van der Waals surface area (Å²) >= 11 is 1.60. The monoisotopic (exact) mass is 371 g/mol. The summed E-state index contributed by atoms with van der Waals surface area (Å²) in [6, 6.07) is 13.1. The molecule has 3 rings (SSSR count). The van der Waals surface area contributed by atoms with E-state index in [0.29, 0.717) is 5.75 Å². The van der Waals surface area contributed by atoms with E-state index in [1.165, 1.54) is 14.2 Å². The van der Waals surface area contributed by atoms with Crippen LogP contribution in [0.5, 0.6) is 29.5 Å². The number of rotatable bonds is 6. The molecule has 2 aromatic carbocycles. The van der Waals surface area contributed by atoms with E-state index in [1.807, 2.05) is 37.3 Å². The third-order valence-electron chi connectivity index (χ3n) is 3.36. The zero-order valence-corrected chi connectivity index (χ0v) is 15.3. The number of phenolic OH excluding ortho intramolecular Hbond substituents is 1. The van der Waals surface area contributed by atoms with E-state index in [0.717, 1.165) is 15.4 Å². The minimum Gasteiger partial charge on any atom is -0.508 e. The number of hydrogen-bond donors (Lipinski definition) is 1. The summed E-state index contributed by atoms with van der Waals surface area (Å²) in [4.78, 5) is 14.1. The lowest BCUT2D eigenvalue weighted by Crippen LogP contribution is -2.01. The van der Waals surface area contributed by atoms with Gasteiger partial charge < -0.3 is 19.3 Å². The number of aromatic hydroxyl groups is 1. The molecule has 0 aliphatic rings. The summed E-state index contributed by atoms with van der Waals surface area (Å²) in [6.07, 6.45) is 0. The van der Waals surface area contributed by atoms with Gasteiger partial charge in [-0.15, -0.1) is 15.0 Å². The Morgan fingerprint density at radius 2 is 1.46 bits per heavy atom. The van der Waals surface area contributed by atoms with Crippen LogP contribution in [0.1, 0.15) is 5.56 Å². The third-order valence-corrected chi connectivity index (χ3v) is 4.54. The van der Waals surface area contributed by atoms with Crippen molar-refractivity contribution in [3.63, 3.8) is 0 Å². The molecule has 0 aliphatic carbocycles. The maximum atomic E-state index is 9.37. The molecule has 0 atom stereocenters. The standard InChI is InChI=1S/C18H17N3O4S/c1-11-10-13(25-18-20-16(23-2)19-17(21-18)24-3)6-9-15(11)26-14-7-4-12(22)5-8-14/h4-10,22H,1-3H3. The molecule has 8 heteroatoms. The molecule has 3 aromatic rings. The van der Waals surface area contributed by atoms with Crippen molar-refractivity contribution in [1.29, 1.82) is 0 Å². The van der Waals surface area contributed by atoms with Gasteiger partial charge in [0.25, 0.3) is 0 Å². The fourth-order valence-corrected chi connectivity index (χ4v) is 2.98.